The van der Waals surface area contributed by atoms with Crippen molar-refractivity contribution in [3.8, 4) is 0 Å². The van der Waals surface area contributed by atoms with Gasteiger partial charge in [0.05, 0.1) is 5.69 Å². The second kappa shape index (κ2) is 5.97. The molecule has 0 atom stereocenters. The van der Waals surface area contributed by atoms with E-state index in [0.717, 1.165) is 31.0 Å². The molecule has 0 spiro atoms. The maximum Gasteiger partial charge on any atom is 0.348 e. The summed E-state index contributed by atoms with van der Waals surface area (Å²) in [7, 11) is 0. The zero-order valence-corrected chi connectivity index (χ0v) is 10.8. The van der Waals surface area contributed by atoms with Gasteiger partial charge in [0, 0.05) is 13.0 Å². The Hall–Kier alpha value is -1.40. The van der Waals surface area contributed by atoms with Gasteiger partial charge in [-0.3, -0.25) is 4.79 Å². The Labute approximate surface area is 109 Å². The molecule has 0 radical (unpaired) electrons. The highest BCUT2D eigenvalue weighted by Gasteiger charge is 2.16. The molecule has 1 amide bonds. The summed E-state index contributed by atoms with van der Waals surface area (Å²) >= 11 is 1.12. The SMILES string of the molecule is O=C(CCN1CCCC1)Nc1ccsc1C(=O)O. The van der Waals surface area contributed by atoms with E-state index in [4.69, 9.17) is 5.11 Å². The third-order valence-electron chi connectivity index (χ3n) is 2.99. The van der Waals surface area contributed by atoms with Crippen molar-refractivity contribution in [2.24, 2.45) is 0 Å². The predicted octanol–water partition coefficient (Wildman–Crippen LogP) is 1.87. The molecule has 0 unspecified atom stereocenters. The third-order valence-corrected chi connectivity index (χ3v) is 3.89. The molecule has 1 aromatic heterocycles. The smallest absolute Gasteiger partial charge is 0.348 e. The quantitative estimate of drug-likeness (QED) is 0.855. The van der Waals surface area contributed by atoms with E-state index in [9.17, 15) is 9.59 Å². The molecule has 98 valence electrons. The molecule has 1 aromatic rings. The molecule has 2 heterocycles. The summed E-state index contributed by atoms with van der Waals surface area (Å²) in [6.07, 6.45) is 2.82. The summed E-state index contributed by atoms with van der Waals surface area (Å²) in [6.45, 7) is 2.87. The second-order valence-corrected chi connectivity index (χ2v) is 5.23. The van der Waals surface area contributed by atoms with Crippen LogP contribution in [0.15, 0.2) is 11.4 Å². The number of carbonyl (C=O) groups excluding carboxylic acids is 1. The van der Waals surface area contributed by atoms with Crippen LogP contribution in [-0.4, -0.2) is 41.5 Å². The van der Waals surface area contributed by atoms with Crippen molar-refractivity contribution in [1.82, 2.24) is 4.90 Å². The van der Waals surface area contributed by atoms with Crippen LogP contribution >= 0.6 is 11.3 Å². The highest BCUT2D eigenvalue weighted by Crippen LogP contribution is 2.22. The number of likely N-dealkylation sites (tertiary alicyclic amines) is 1. The largest absolute Gasteiger partial charge is 0.477 e. The van der Waals surface area contributed by atoms with Crippen molar-refractivity contribution < 1.29 is 14.7 Å². The van der Waals surface area contributed by atoms with Crippen LogP contribution in [-0.2, 0) is 4.79 Å². The first kappa shape index (κ1) is 13.0. The number of carboxylic acid groups (broad SMARTS) is 1. The maximum atomic E-state index is 11.7. The maximum absolute atomic E-state index is 11.7. The van der Waals surface area contributed by atoms with Crippen molar-refractivity contribution in [2.75, 3.05) is 25.0 Å². The lowest BCUT2D eigenvalue weighted by molar-refractivity contribution is -0.116. The fraction of sp³-hybridized carbons (Fsp3) is 0.500. The third kappa shape index (κ3) is 3.30. The summed E-state index contributed by atoms with van der Waals surface area (Å²) in [5.74, 6) is -1.12. The van der Waals surface area contributed by atoms with Crippen molar-refractivity contribution in [1.29, 1.82) is 0 Å². The number of carbonyl (C=O) groups is 2. The van der Waals surface area contributed by atoms with E-state index < -0.39 is 5.97 Å². The molecular formula is C12H16N2O3S. The fourth-order valence-electron chi connectivity index (χ4n) is 2.05. The highest BCUT2D eigenvalue weighted by molar-refractivity contribution is 7.12. The van der Waals surface area contributed by atoms with Gasteiger partial charge in [-0.1, -0.05) is 0 Å². The molecule has 0 saturated carbocycles. The zero-order valence-electron chi connectivity index (χ0n) is 10.0. The summed E-state index contributed by atoms with van der Waals surface area (Å²) in [5, 5.41) is 13.2. The van der Waals surface area contributed by atoms with Crippen LogP contribution in [0.2, 0.25) is 0 Å². The van der Waals surface area contributed by atoms with Gasteiger partial charge in [0.25, 0.3) is 0 Å². The van der Waals surface area contributed by atoms with Crippen LogP contribution < -0.4 is 5.32 Å². The number of amides is 1. The fourth-order valence-corrected chi connectivity index (χ4v) is 2.74. The van der Waals surface area contributed by atoms with Crippen molar-refractivity contribution in [3.63, 3.8) is 0 Å². The first-order valence-corrected chi connectivity index (χ1v) is 6.88. The van der Waals surface area contributed by atoms with E-state index in [1.807, 2.05) is 0 Å². The van der Waals surface area contributed by atoms with Gasteiger partial charge in [-0.05, 0) is 37.4 Å². The summed E-state index contributed by atoms with van der Waals surface area (Å²) < 4.78 is 0. The summed E-state index contributed by atoms with van der Waals surface area (Å²) in [5.41, 5.74) is 0.402. The number of rotatable bonds is 5. The van der Waals surface area contributed by atoms with Crippen LogP contribution in [0.1, 0.15) is 28.9 Å². The lowest BCUT2D eigenvalue weighted by atomic mass is 10.3. The minimum absolute atomic E-state index is 0.122. The van der Waals surface area contributed by atoms with Gasteiger partial charge in [0.1, 0.15) is 4.88 Å². The van der Waals surface area contributed by atoms with E-state index in [1.54, 1.807) is 11.4 Å². The Morgan fingerprint density at radius 2 is 2.11 bits per heavy atom. The van der Waals surface area contributed by atoms with Crippen molar-refractivity contribution in [2.45, 2.75) is 19.3 Å². The van der Waals surface area contributed by atoms with Crippen LogP contribution in [0.25, 0.3) is 0 Å². The minimum Gasteiger partial charge on any atom is -0.477 e. The molecule has 1 fully saturated rings. The number of hydrogen-bond acceptors (Lipinski definition) is 4. The van der Waals surface area contributed by atoms with Gasteiger partial charge >= 0.3 is 5.97 Å². The Morgan fingerprint density at radius 3 is 2.78 bits per heavy atom. The molecule has 0 aromatic carbocycles. The molecule has 1 saturated heterocycles. The Kier molecular flexibility index (Phi) is 4.33. The molecular weight excluding hydrogens is 252 g/mol. The number of aromatic carboxylic acids is 1. The van der Waals surface area contributed by atoms with Crippen LogP contribution in [0.4, 0.5) is 5.69 Å². The molecule has 6 heteroatoms. The molecule has 5 nitrogen and oxygen atoms in total. The van der Waals surface area contributed by atoms with Crippen molar-refractivity contribution >= 4 is 28.9 Å². The van der Waals surface area contributed by atoms with E-state index in [1.165, 1.54) is 12.8 Å². The number of carboxylic acids is 1. The lowest BCUT2D eigenvalue weighted by Gasteiger charge is -2.13. The monoisotopic (exact) mass is 268 g/mol. The standard InChI is InChI=1S/C12H16N2O3S/c15-10(3-7-14-5-1-2-6-14)13-9-4-8-18-11(9)12(16)17/h4,8H,1-3,5-7H2,(H,13,15)(H,16,17). The molecule has 1 aliphatic rings. The highest BCUT2D eigenvalue weighted by atomic mass is 32.1. The number of thiophene rings is 1. The van der Waals surface area contributed by atoms with Gasteiger partial charge in [-0.15, -0.1) is 11.3 Å². The lowest BCUT2D eigenvalue weighted by Crippen LogP contribution is -2.25. The van der Waals surface area contributed by atoms with E-state index >= 15 is 0 Å². The Balaban J connectivity index is 1.82. The van der Waals surface area contributed by atoms with Crippen molar-refractivity contribution in [3.05, 3.63) is 16.3 Å². The Bertz CT molecular complexity index is 438. The minimum atomic E-state index is -1.00. The number of nitrogens with zero attached hydrogens (tertiary/aromatic N) is 1. The van der Waals surface area contributed by atoms with Gasteiger partial charge in [-0.2, -0.15) is 0 Å². The summed E-state index contributed by atoms with van der Waals surface area (Å²) in [4.78, 5) is 25.0. The predicted molar refractivity (Wildman–Crippen MR) is 70.2 cm³/mol. The number of hydrogen-bond donors (Lipinski definition) is 2. The van der Waals surface area contributed by atoms with Gasteiger partial charge in [-0.25, -0.2) is 4.79 Å². The zero-order chi connectivity index (χ0) is 13.0. The van der Waals surface area contributed by atoms with Crippen LogP contribution in [0.3, 0.4) is 0 Å². The van der Waals surface area contributed by atoms with E-state index in [-0.39, 0.29) is 10.8 Å². The molecule has 18 heavy (non-hydrogen) atoms. The van der Waals surface area contributed by atoms with Crippen LogP contribution in [0, 0.1) is 0 Å². The topological polar surface area (TPSA) is 69.6 Å². The van der Waals surface area contributed by atoms with Gasteiger partial charge in [0.15, 0.2) is 0 Å². The summed E-state index contributed by atoms with van der Waals surface area (Å²) in [6, 6.07) is 1.63. The van der Waals surface area contributed by atoms with Gasteiger partial charge < -0.3 is 15.3 Å². The van der Waals surface area contributed by atoms with E-state index in [2.05, 4.69) is 10.2 Å². The molecule has 2 N–H and O–H groups in total. The normalized spacial score (nSPS) is 15.8. The van der Waals surface area contributed by atoms with Gasteiger partial charge in [0.2, 0.25) is 5.91 Å². The first-order valence-electron chi connectivity index (χ1n) is 6.00. The second-order valence-electron chi connectivity index (χ2n) is 4.32. The average Bonchev–Trinajstić information content (AvgIpc) is 2.96. The number of anilines is 1. The molecule has 0 bridgehead atoms. The molecule has 2 rings (SSSR count). The van der Waals surface area contributed by atoms with Crippen LogP contribution in [0.5, 0.6) is 0 Å². The molecule has 0 aliphatic carbocycles. The molecule has 1 aliphatic heterocycles. The first-order chi connectivity index (χ1) is 8.66. The number of nitrogens with one attached hydrogen (secondary N) is 1. The van der Waals surface area contributed by atoms with E-state index in [0.29, 0.717) is 12.1 Å². The average molecular weight is 268 g/mol. The Morgan fingerprint density at radius 1 is 1.39 bits per heavy atom.